The molecule has 1 aromatic rings. The Balaban J connectivity index is 2.05. The molecule has 1 aromatic carbocycles. The van der Waals surface area contributed by atoms with Gasteiger partial charge in [0.1, 0.15) is 0 Å². The quantitative estimate of drug-likeness (QED) is 0.823. The van der Waals surface area contributed by atoms with Crippen molar-refractivity contribution < 1.29 is 14.4 Å². The summed E-state index contributed by atoms with van der Waals surface area (Å²) < 4.78 is 0. The SMILES string of the molecule is CCN(CC)C(=O)C1CCCC(NC(=O)c2ccc(C#N)cc2)CN(C)C(=O)C1. The maximum absolute atomic E-state index is 12.7. The van der Waals surface area contributed by atoms with E-state index in [4.69, 9.17) is 5.26 Å². The van der Waals surface area contributed by atoms with Gasteiger partial charge in [-0.2, -0.15) is 5.26 Å². The molecule has 1 aliphatic heterocycles. The van der Waals surface area contributed by atoms with Crippen LogP contribution in [-0.4, -0.2) is 60.2 Å². The number of carbonyl (C=O) groups excluding carboxylic acids is 3. The van der Waals surface area contributed by atoms with Crippen LogP contribution in [-0.2, 0) is 9.59 Å². The summed E-state index contributed by atoms with van der Waals surface area (Å²) in [5.74, 6) is -0.569. The smallest absolute Gasteiger partial charge is 0.251 e. The third-order valence-electron chi connectivity index (χ3n) is 5.48. The Labute approximate surface area is 172 Å². The molecular weight excluding hydrogens is 368 g/mol. The highest BCUT2D eigenvalue weighted by atomic mass is 16.2. The molecule has 1 N–H and O–H groups in total. The largest absolute Gasteiger partial charge is 0.348 e. The summed E-state index contributed by atoms with van der Waals surface area (Å²) in [6.45, 7) is 5.57. The van der Waals surface area contributed by atoms with Gasteiger partial charge in [0.05, 0.1) is 11.6 Å². The Morgan fingerprint density at radius 1 is 1.21 bits per heavy atom. The lowest BCUT2D eigenvalue weighted by Crippen LogP contribution is -2.44. The fraction of sp³-hybridized carbons (Fsp3) is 0.545. The highest BCUT2D eigenvalue weighted by Gasteiger charge is 2.29. The van der Waals surface area contributed by atoms with Crippen LogP contribution in [0, 0.1) is 17.2 Å². The highest BCUT2D eigenvalue weighted by molar-refractivity contribution is 5.94. The first-order valence-electron chi connectivity index (χ1n) is 10.2. The first-order valence-corrected chi connectivity index (χ1v) is 10.2. The third kappa shape index (κ3) is 6.05. The first-order chi connectivity index (χ1) is 13.9. The molecule has 0 spiro atoms. The molecule has 0 saturated carbocycles. The van der Waals surface area contributed by atoms with E-state index in [2.05, 4.69) is 5.32 Å². The average molecular weight is 399 g/mol. The zero-order valence-corrected chi connectivity index (χ0v) is 17.5. The molecule has 1 heterocycles. The lowest BCUT2D eigenvalue weighted by Gasteiger charge is -2.26. The van der Waals surface area contributed by atoms with E-state index in [1.807, 2.05) is 19.9 Å². The standard InChI is InChI=1S/C22H30N4O3/c1-4-26(5-2)22(29)18-7-6-8-19(15-25(3)20(27)13-18)24-21(28)17-11-9-16(14-23)10-12-17/h9-12,18-19H,4-8,13,15H2,1-3H3,(H,24,28). The molecule has 0 aromatic heterocycles. The van der Waals surface area contributed by atoms with Crippen LogP contribution in [0.4, 0.5) is 0 Å². The lowest BCUT2D eigenvalue weighted by molar-refractivity contribution is -0.140. The fourth-order valence-corrected chi connectivity index (χ4v) is 3.69. The number of nitrogens with zero attached hydrogens (tertiary/aromatic N) is 3. The highest BCUT2D eigenvalue weighted by Crippen LogP contribution is 2.21. The number of hydrogen-bond acceptors (Lipinski definition) is 4. The maximum Gasteiger partial charge on any atom is 0.251 e. The monoisotopic (exact) mass is 398 g/mol. The number of carbonyl (C=O) groups is 3. The van der Waals surface area contributed by atoms with Gasteiger partial charge in [-0.15, -0.1) is 0 Å². The second-order valence-corrected chi connectivity index (χ2v) is 7.48. The van der Waals surface area contributed by atoms with Crippen LogP contribution in [0.25, 0.3) is 0 Å². The van der Waals surface area contributed by atoms with E-state index in [0.717, 1.165) is 6.42 Å². The number of hydrogen-bond donors (Lipinski definition) is 1. The van der Waals surface area contributed by atoms with Crippen LogP contribution in [0.15, 0.2) is 24.3 Å². The van der Waals surface area contributed by atoms with E-state index in [-0.39, 0.29) is 36.1 Å². The molecule has 7 nitrogen and oxygen atoms in total. The Hall–Kier alpha value is -2.88. The van der Waals surface area contributed by atoms with Gasteiger partial charge in [0.15, 0.2) is 0 Å². The Morgan fingerprint density at radius 3 is 2.45 bits per heavy atom. The molecule has 1 saturated heterocycles. The van der Waals surface area contributed by atoms with Crippen molar-refractivity contribution >= 4 is 17.7 Å². The van der Waals surface area contributed by atoms with Crippen LogP contribution in [0.2, 0.25) is 0 Å². The van der Waals surface area contributed by atoms with Gasteiger partial charge in [0.25, 0.3) is 5.91 Å². The topological polar surface area (TPSA) is 93.5 Å². The summed E-state index contributed by atoms with van der Waals surface area (Å²) >= 11 is 0. The van der Waals surface area contributed by atoms with E-state index in [1.54, 1.807) is 41.1 Å². The number of nitriles is 1. The number of benzene rings is 1. The zero-order valence-electron chi connectivity index (χ0n) is 17.5. The van der Waals surface area contributed by atoms with Crippen molar-refractivity contribution in [2.75, 3.05) is 26.7 Å². The van der Waals surface area contributed by atoms with Crippen molar-refractivity contribution in [3.05, 3.63) is 35.4 Å². The molecule has 1 fully saturated rings. The molecular formula is C22H30N4O3. The van der Waals surface area contributed by atoms with Crippen molar-refractivity contribution in [1.82, 2.24) is 15.1 Å². The van der Waals surface area contributed by atoms with Gasteiger partial charge in [-0.25, -0.2) is 0 Å². The molecule has 29 heavy (non-hydrogen) atoms. The summed E-state index contributed by atoms with van der Waals surface area (Å²) in [6.07, 6.45) is 2.30. The summed E-state index contributed by atoms with van der Waals surface area (Å²) in [6, 6.07) is 8.30. The number of amides is 3. The van der Waals surface area contributed by atoms with Crippen LogP contribution in [0.3, 0.4) is 0 Å². The van der Waals surface area contributed by atoms with Gasteiger partial charge >= 0.3 is 0 Å². The Morgan fingerprint density at radius 2 is 1.86 bits per heavy atom. The van der Waals surface area contributed by atoms with Gasteiger partial charge in [0, 0.05) is 50.6 Å². The minimum absolute atomic E-state index is 0.0387. The van der Waals surface area contributed by atoms with E-state index in [1.165, 1.54) is 0 Å². The number of likely N-dealkylation sites (N-methyl/N-ethyl adjacent to an activating group) is 1. The second kappa shape index (κ2) is 10.6. The molecule has 7 heteroatoms. The molecule has 1 aliphatic rings. The second-order valence-electron chi connectivity index (χ2n) is 7.48. The normalized spacial score (nSPS) is 20.1. The fourth-order valence-electron chi connectivity index (χ4n) is 3.69. The molecule has 2 atom stereocenters. The minimum atomic E-state index is -0.308. The van der Waals surface area contributed by atoms with E-state index < -0.39 is 0 Å². The number of rotatable bonds is 5. The van der Waals surface area contributed by atoms with Crippen molar-refractivity contribution in [3.63, 3.8) is 0 Å². The van der Waals surface area contributed by atoms with Crippen LogP contribution < -0.4 is 5.32 Å². The summed E-state index contributed by atoms with van der Waals surface area (Å²) in [4.78, 5) is 41.3. The van der Waals surface area contributed by atoms with Gasteiger partial charge in [-0.1, -0.05) is 6.42 Å². The lowest BCUT2D eigenvalue weighted by atomic mass is 9.95. The summed E-state index contributed by atoms with van der Waals surface area (Å²) in [7, 11) is 1.72. The molecule has 156 valence electrons. The van der Waals surface area contributed by atoms with E-state index in [0.29, 0.717) is 43.6 Å². The van der Waals surface area contributed by atoms with Crippen LogP contribution in [0.5, 0.6) is 0 Å². The molecule has 0 aliphatic carbocycles. The van der Waals surface area contributed by atoms with E-state index in [9.17, 15) is 14.4 Å². The summed E-state index contributed by atoms with van der Waals surface area (Å²) in [5, 5.41) is 11.9. The Kier molecular flexibility index (Phi) is 8.20. The van der Waals surface area contributed by atoms with Crippen molar-refractivity contribution in [2.45, 2.75) is 45.6 Å². The van der Waals surface area contributed by atoms with E-state index >= 15 is 0 Å². The summed E-state index contributed by atoms with van der Waals surface area (Å²) in [5.41, 5.74) is 0.977. The number of nitrogens with one attached hydrogen (secondary N) is 1. The molecule has 3 amide bonds. The minimum Gasteiger partial charge on any atom is -0.348 e. The van der Waals surface area contributed by atoms with Crippen LogP contribution in [0.1, 0.15) is 55.5 Å². The van der Waals surface area contributed by atoms with Crippen molar-refractivity contribution in [2.24, 2.45) is 5.92 Å². The van der Waals surface area contributed by atoms with Crippen LogP contribution >= 0.6 is 0 Å². The molecule has 2 unspecified atom stereocenters. The van der Waals surface area contributed by atoms with Gasteiger partial charge in [0.2, 0.25) is 11.8 Å². The predicted octanol–water partition coefficient (Wildman–Crippen LogP) is 2.17. The Bertz CT molecular complexity index is 765. The van der Waals surface area contributed by atoms with Gasteiger partial charge in [-0.3, -0.25) is 14.4 Å². The maximum atomic E-state index is 12.7. The first kappa shape index (κ1) is 22.4. The third-order valence-corrected chi connectivity index (χ3v) is 5.48. The predicted molar refractivity (Wildman–Crippen MR) is 110 cm³/mol. The average Bonchev–Trinajstić information content (AvgIpc) is 2.79. The van der Waals surface area contributed by atoms with Gasteiger partial charge in [-0.05, 0) is 51.0 Å². The molecule has 2 rings (SSSR count). The molecule has 0 bridgehead atoms. The van der Waals surface area contributed by atoms with Crippen molar-refractivity contribution in [1.29, 1.82) is 5.26 Å². The van der Waals surface area contributed by atoms with Crippen molar-refractivity contribution in [3.8, 4) is 6.07 Å². The zero-order chi connectivity index (χ0) is 21.4. The van der Waals surface area contributed by atoms with Gasteiger partial charge < -0.3 is 15.1 Å². The molecule has 0 radical (unpaired) electrons.